The van der Waals surface area contributed by atoms with Gasteiger partial charge in [0.15, 0.2) is 5.82 Å². The van der Waals surface area contributed by atoms with Crippen molar-refractivity contribution in [3.8, 4) is 0 Å². The van der Waals surface area contributed by atoms with E-state index in [1.807, 2.05) is 0 Å². The van der Waals surface area contributed by atoms with Crippen LogP contribution in [-0.4, -0.2) is 21.2 Å². The second-order valence-corrected chi connectivity index (χ2v) is 5.17. The topological polar surface area (TPSA) is 62.7 Å². The number of anilines is 3. The summed E-state index contributed by atoms with van der Waals surface area (Å²) in [4.78, 5) is 4.47. The SMILES string of the molecule is CCc1cccc(C)c1Nc1nncc(NC2CC2)n1. The zero-order chi connectivity index (χ0) is 13.9. The number of benzene rings is 1. The van der Waals surface area contributed by atoms with Crippen LogP contribution in [0.2, 0.25) is 0 Å². The maximum atomic E-state index is 4.47. The summed E-state index contributed by atoms with van der Waals surface area (Å²) in [5.74, 6) is 1.33. The van der Waals surface area contributed by atoms with Gasteiger partial charge in [0, 0.05) is 11.7 Å². The Kier molecular flexibility index (Phi) is 3.50. The molecule has 5 nitrogen and oxygen atoms in total. The highest BCUT2D eigenvalue weighted by Crippen LogP contribution is 2.25. The van der Waals surface area contributed by atoms with E-state index in [0.29, 0.717) is 12.0 Å². The first-order valence-corrected chi connectivity index (χ1v) is 7.08. The van der Waals surface area contributed by atoms with Crippen molar-refractivity contribution in [1.29, 1.82) is 0 Å². The molecule has 3 rings (SSSR count). The molecule has 104 valence electrons. The van der Waals surface area contributed by atoms with Gasteiger partial charge in [-0.05, 0) is 37.3 Å². The molecule has 1 aromatic carbocycles. The monoisotopic (exact) mass is 269 g/mol. The second kappa shape index (κ2) is 5.45. The lowest BCUT2D eigenvalue weighted by atomic mass is 10.1. The van der Waals surface area contributed by atoms with Crippen molar-refractivity contribution in [2.24, 2.45) is 0 Å². The number of nitrogens with one attached hydrogen (secondary N) is 2. The predicted octanol–water partition coefficient (Wildman–Crippen LogP) is 3.06. The van der Waals surface area contributed by atoms with Gasteiger partial charge in [0.1, 0.15) is 0 Å². The van der Waals surface area contributed by atoms with Crippen molar-refractivity contribution < 1.29 is 0 Å². The Morgan fingerprint density at radius 1 is 1.30 bits per heavy atom. The summed E-state index contributed by atoms with van der Waals surface area (Å²) >= 11 is 0. The zero-order valence-electron chi connectivity index (χ0n) is 11.8. The van der Waals surface area contributed by atoms with Gasteiger partial charge in [-0.1, -0.05) is 25.1 Å². The van der Waals surface area contributed by atoms with E-state index in [-0.39, 0.29) is 0 Å². The number of rotatable bonds is 5. The quantitative estimate of drug-likeness (QED) is 0.873. The van der Waals surface area contributed by atoms with E-state index in [4.69, 9.17) is 0 Å². The highest BCUT2D eigenvalue weighted by atomic mass is 15.3. The van der Waals surface area contributed by atoms with E-state index in [0.717, 1.165) is 17.9 Å². The first kappa shape index (κ1) is 12.8. The molecule has 0 aliphatic heterocycles. The lowest BCUT2D eigenvalue weighted by Gasteiger charge is -2.13. The number of para-hydroxylation sites is 1. The average molecular weight is 269 g/mol. The van der Waals surface area contributed by atoms with Crippen LogP contribution in [0.1, 0.15) is 30.9 Å². The van der Waals surface area contributed by atoms with Gasteiger partial charge >= 0.3 is 0 Å². The van der Waals surface area contributed by atoms with Gasteiger partial charge in [-0.25, -0.2) is 0 Å². The van der Waals surface area contributed by atoms with Gasteiger partial charge in [0.25, 0.3) is 0 Å². The molecule has 0 saturated heterocycles. The third kappa shape index (κ3) is 2.87. The first-order valence-electron chi connectivity index (χ1n) is 7.08. The molecule has 2 aromatic rings. The minimum atomic E-state index is 0.541. The molecule has 1 fully saturated rings. The molecule has 1 heterocycles. The Labute approximate surface area is 118 Å². The summed E-state index contributed by atoms with van der Waals surface area (Å²) in [7, 11) is 0. The largest absolute Gasteiger partial charge is 0.366 e. The molecule has 0 radical (unpaired) electrons. The number of hydrogen-bond donors (Lipinski definition) is 2. The predicted molar refractivity (Wildman–Crippen MR) is 80.3 cm³/mol. The molecule has 20 heavy (non-hydrogen) atoms. The number of hydrogen-bond acceptors (Lipinski definition) is 5. The van der Waals surface area contributed by atoms with Crippen LogP contribution in [0, 0.1) is 6.92 Å². The van der Waals surface area contributed by atoms with Crippen molar-refractivity contribution >= 4 is 17.5 Å². The summed E-state index contributed by atoms with van der Waals surface area (Å²) in [5, 5.41) is 14.7. The third-order valence-electron chi connectivity index (χ3n) is 3.46. The summed E-state index contributed by atoms with van der Waals surface area (Å²) in [6, 6.07) is 6.84. The molecule has 1 saturated carbocycles. The van der Waals surface area contributed by atoms with Crippen molar-refractivity contribution in [3.05, 3.63) is 35.5 Å². The van der Waals surface area contributed by atoms with E-state index in [1.54, 1.807) is 6.20 Å². The summed E-state index contributed by atoms with van der Waals surface area (Å²) < 4.78 is 0. The number of nitrogens with zero attached hydrogens (tertiary/aromatic N) is 3. The third-order valence-corrected chi connectivity index (χ3v) is 3.46. The lowest BCUT2D eigenvalue weighted by molar-refractivity contribution is 0.962. The number of aryl methyl sites for hydroxylation is 2. The van der Waals surface area contributed by atoms with Crippen molar-refractivity contribution in [1.82, 2.24) is 15.2 Å². The minimum absolute atomic E-state index is 0.541. The molecule has 1 aliphatic rings. The van der Waals surface area contributed by atoms with Gasteiger partial charge < -0.3 is 10.6 Å². The summed E-state index contributed by atoms with van der Waals surface area (Å²) in [6.07, 6.45) is 5.06. The molecule has 0 spiro atoms. The maximum absolute atomic E-state index is 4.47. The normalized spacial score (nSPS) is 14.1. The second-order valence-electron chi connectivity index (χ2n) is 5.17. The van der Waals surface area contributed by atoms with E-state index < -0.39 is 0 Å². The highest BCUT2D eigenvalue weighted by molar-refractivity contribution is 5.63. The Bertz CT molecular complexity index is 607. The van der Waals surface area contributed by atoms with E-state index in [1.165, 1.54) is 24.0 Å². The zero-order valence-corrected chi connectivity index (χ0v) is 11.8. The Morgan fingerprint density at radius 3 is 2.90 bits per heavy atom. The fraction of sp³-hybridized carbons (Fsp3) is 0.400. The molecule has 1 aromatic heterocycles. The van der Waals surface area contributed by atoms with Crippen molar-refractivity contribution in [2.45, 2.75) is 39.2 Å². The van der Waals surface area contributed by atoms with Gasteiger partial charge in [-0.15, -0.1) is 5.10 Å². The van der Waals surface area contributed by atoms with Crippen LogP contribution in [0.4, 0.5) is 17.5 Å². The van der Waals surface area contributed by atoms with Crippen LogP contribution in [0.15, 0.2) is 24.4 Å². The van der Waals surface area contributed by atoms with Crippen LogP contribution < -0.4 is 10.6 Å². The average Bonchev–Trinajstić information content (AvgIpc) is 3.25. The molecule has 0 unspecified atom stereocenters. The lowest BCUT2D eigenvalue weighted by Crippen LogP contribution is -2.08. The minimum Gasteiger partial charge on any atom is -0.366 e. The molecule has 1 aliphatic carbocycles. The maximum Gasteiger partial charge on any atom is 0.249 e. The van der Waals surface area contributed by atoms with Crippen LogP contribution in [-0.2, 0) is 6.42 Å². The fourth-order valence-electron chi connectivity index (χ4n) is 2.18. The van der Waals surface area contributed by atoms with Crippen LogP contribution >= 0.6 is 0 Å². The number of aromatic nitrogens is 3. The highest BCUT2D eigenvalue weighted by Gasteiger charge is 2.21. The van der Waals surface area contributed by atoms with Crippen molar-refractivity contribution in [2.75, 3.05) is 10.6 Å². The van der Waals surface area contributed by atoms with Crippen LogP contribution in [0.5, 0.6) is 0 Å². The van der Waals surface area contributed by atoms with E-state index in [2.05, 4.69) is 57.9 Å². The summed E-state index contributed by atoms with van der Waals surface area (Å²) in [6.45, 7) is 4.23. The molecule has 0 bridgehead atoms. The fourth-order valence-corrected chi connectivity index (χ4v) is 2.18. The standard InChI is InChI=1S/C15H19N5/c1-3-11-6-4-5-10(2)14(11)19-15-18-13(9-16-20-15)17-12-7-8-12/h4-6,9,12H,3,7-8H2,1-2H3,(H2,17,18,19,20). The molecular weight excluding hydrogens is 250 g/mol. The van der Waals surface area contributed by atoms with Gasteiger partial charge in [-0.2, -0.15) is 10.1 Å². The van der Waals surface area contributed by atoms with E-state index in [9.17, 15) is 0 Å². The Hall–Kier alpha value is -2.17. The van der Waals surface area contributed by atoms with Gasteiger partial charge in [-0.3, -0.25) is 0 Å². The van der Waals surface area contributed by atoms with E-state index >= 15 is 0 Å². The van der Waals surface area contributed by atoms with Gasteiger partial charge in [0.2, 0.25) is 5.95 Å². The molecular formula is C15H19N5. The first-order chi connectivity index (χ1) is 9.76. The molecule has 0 amide bonds. The van der Waals surface area contributed by atoms with Crippen LogP contribution in [0.3, 0.4) is 0 Å². The molecule has 5 heteroatoms. The van der Waals surface area contributed by atoms with Crippen LogP contribution in [0.25, 0.3) is 0 Å². The van der Waals surface area contributed by atoms with Gasteiger partial charge in [0.05, 0.1) is 6.20 Å². The molecule has 0 atom stereocenters. The summed E-state index contributed by atoms with van der Waals surface area (Å²) in [5.41, 5.74) is 3.53. The van der Waals surface area contributed by atoms with Crippen molar-refractivity contribution in [3.63, 3.8) is 0 Å². The molecule has 2 N–H and O–H groups in total. The Morgan fingerprint density at radius 2 is 2.15 bits per heavy atom. The smallest absolute Gasteiger partial charge is 0.249 e. The Balaban J connectivity index is 1.83.